The molecule has 3 heterocycles. The maximum absolute atomic E-state index is 13.1. The van der Waals surface area contributed by atoms with Crippen LogP contribution in [0.1, 0.15) is 25.3 Å². The molecule has 2 aliphatic heterocycles. The molecule has 3 unspecified atom stereocenters. The first-order chi connectivity index (χ1) is 18.5. The Morgan fingerprint density at radius 3 is 2.62 bits per heavy atom. The number of ether oxygens (including phenoxy) is 2. The Morgan fingerprint density at radius 2 is 1.95 bits per heavy atom. The van der Waals surface area contributed by atoms with Gasteiger partial charge in [-0.05, 0) is 54.2 Å². The van der Waals surface area contributed by atoms with Gasteiger partial charge in [-0.2, -0.15) is 0 Å². The molecule has 1 saturated carbocycles. The summed E-state index contributed by atoms with van der Waals surface area (Å²) >= 11 is 0. The lowest BCUT2D eigenvalue weighted by Gasteiger charge is -2.32. The van der Waals surface area contributed by atoms with Crippen LogP contribution in [0.15, 0.2) is 36.8 Å². The third-order valence-electron chi connectivity index (χ3n) is 7.88. The minimum Gasteiger partial charge on any atom is -0.406 e. The number of benzene rings is 1. The molecule has 212 valence electrons. The van der Waals surface area contributed by atoms with Crippen molar-refractivity contribution in [3.05, 3.63) is 42.4 Å². The van der Waals surface area contributed by atoms with Crippen molar-refractivity contribution in [3.63, 3.8) is 0 Å². The molecule has 1 aromatic heterocycles. The first-order valence-electron chi connectivity index (χ1n) is 13.3. The molecule has 2 saturated heterocycles. The van der Waals surface area contributed by atoms with Crippen molar-refractivity contribution in [3.8, 4) is 11.6 Å². The van der Waals surface area contributed by atoms with Gasteiger partial charge in [0.05, 0.1) is 19.1 Å². The van der Waals surface area contributed by atoms with Crippen LogP contribution in [0.3, 0.4) is 0 Å². The largest absolute Gasteiger partial charge is 0.573 e. The lowest BCUT2D eigenvalue weighted by Crippen LogP contribution is -2.45. The van der Waals surface area contributed by atoms with Crippen molar-refractivity contribution < 1.29 is 32.2 Å². The second-order valence-corrected chi connectivity index (χ2v) is 11.1. The molecule has 3 fully saturated rings. The van der Waals surface area contributed by atoms with Gasteiger partial charge in [0.2, 0.25) is 11.8 Å². The number of amides is 2. The van der Waals surface area contributed by atoms with Crippen LogP contribution in [0.5, 0.6) is 11.6 Å². The van der Waals surface area contributed by atoms with Crippen LogP contribution < -0.4 is 9.47 Å². The molecule has 0 radical (unpaired) electrons. The zero-order valence-corrected chi connectivity index (χ0v) is 22.1. The third-order valence-corrected chi connectivity index (χ3v) is 7.88. The summed E-state index contributed by atoms with van der Waals surface area (Å²) in [6.07, 6.45) is -0.129. The molecular formula is C27H34F3N5O4. The van der Waals surface area contributed by atoms with E-state index in [4.69, 9.17) is 4.74 Å². The van der Waals surface area contributed by atoms with Crippen LogP contribution in [-0.4, -0.2) is 81.9 Å². The summed E-state index contributed by atoms with van der Waals surface area (Å²) in [5.41, 5.74) is 0.489. The van der Waals surface area contributed by atoms with Gasteiger partial charge in [-0.15, -0.1) is 13.2 Å². The molecule has 2 amide bonds. The fraction of sp³-hybridized carbons (Fsp3) is 0.593. The fourth-order valence-corrected chi connectivity index (χ4v) is 5.96. The number of carbonyl (C=O) groups is 2. The minimum absolute atomic E-state index is 0.0615. The average Bonchev–Trinajstić information content (AvgIpc) is 3.16. The van der Waals surface area contributed by atoms with Gasteiger partial charge in [0.25, 0.3) is 0 Å². The number of halogens is 3. The molecule has 5 rings (SSSR count). The predicted molar refractivity (Wildman–Crippen MR) is 135 cm³/mol. The normalized spacial score (nSPS) is 24.8. The summed E-state index contributed by atoms with van der Waals surface area (Å²) in [7, 11) is 1.75. The van der Waals surface area contributed by atoms with E-state index in [-0.39, 0.29) is 30.0 Å². The number of piperidine rings is 2. The van der Waals surface area contributed by atoms with E-state index in [1.165, 1.54) is 29.4 Å². The number of fused-ring (bicyclic) bond motifs is 1. The van der Waals surface area contributed by atoms with Crippen LogP contribution in [-0.2, 0) is 18.4 Å². The predicted octanol–water partition coefficient (Wildman–Crippen LogP) is 3.76. The number of nitrogens with zero attached hydrogens (tertiary/aromatic N) is 5. The number of hydrogen-bond acceptors (Lipinski definition) is 6. The Kier molecular flexibility index (Phi) is 7.75. The highest BCUT2D eigenvalue weighted by Gasteiger charge is 2.56. The number of aryl methyl sites for hydroxylation is 1. The van der Waals surface area contributed by atoms with Crippen molar-refractivity contribution in [1.29, 1.82) is 0 Å². The highest BCUT2D eigenvalue weighted by molar-refractivity contribution is 5.78. The maximum Gasteiger partial charge on any atom is 0.573 e. The number of carbonyl (C=O) groups excluding carboxylic acids is 2. The first kappa shape index (κ1) is 27.3. The highest BCUT2D eigenvalue weighted by atomic mass is 19.4. The number of hydrogen-bond donors (Lipinski definition) is 0. The average molecular weight is 550 g/mol. The minimum atomic E-state index is -4.80. The van der Waals surface area contributed by atoms with Crippen LogP contribution in [0.25, 0.3) is 0 Å². The standard InChI is InChI=1S/C27H34F3N5O4/c1-18-5-4-8-34(10-18)25(36)16-33-12-21-22(13-33)23(21)14-35(26(37)38-24-15-32(2)17-31-24)11-19-6-3-7-20(9-19)39-27(28,29)30/h3,6-7,9,15,17-18,21-23H,4-5,8,10-14,16H2,1-2H3. The topological polar surface area (TPSA) is 80.1 Å². The molecule has 0 bridgehead atoms. The molecule has 0 spiro atoms. The van der Waals surface area contributed by atoms with Crippen molar-refractivity contribution in [2.75, 3.05) is 39.3 Å². The van der Waals surface area contributed by atoms with E-state index in [0.717, 1.165) is 39.0 Å². The Balaban J connectivity index is 1.20. The Morgan fingerprint density at radius 1 is 1.18 bits per heavy atom. The smallest absolute Gasteiger partial charge is 0.406 e. The van der Waals surface area contributed by atoms with Crippen LogP contribution in [0.4, 0.5) is 18.0 Å². The number of likely N-dealkylation sites (tertiary alicyclic amines) is 2. The summed E-state index contributed by atoms with van der Waals surface area (Å²) in [5, 5.41) is 0. The van der Waals surface area contributed by atoms with Crippen molar-refractivity contribution in [2.45, 2.75) is 32.7 Å². The molecule has 2 aromatic rings. The van der Waals surface area contributed by atoms with E-state index >= 15 is 0 Å². The molecular weight excluding hydrogens is 515 g/mol. The second-order valence-electron chi connectivity index (χ2n) is 11.1. The van der Waals surface area contributed by atoms with Gasteiger partial charge in [0, 0.05) is 46.3 Å². The van der Waals surface area contributed by atoms with E-state index in [9.17, 15) is 22.8 Å². The molecule has 12 heteroatoms. The SMILES string of the molecule is CC1CCCN(C(=O)CN2CC3C(C2)C3CN(Cc2cccc(OC(F)(F)F)c2)C(=O)Oc2cn(C)cn2)C1. The maximum atomic E-state index is 13.1. The van der Waals surface area contributed by atoms with Gasteiger partial charge in [0.15, 0.2) is 0 Å². The monoisotopic (exact) mass is 549 g/mol. The Bertz CT molecular complexity index is 1180. The van der Waals surface area contributed by atoms with Gasteiger partial charge >= 0.3 is 12.5 Å². The van der Waals surface area contributed by atoms with Crippen molar-refractivity contribution in [2.24, 2.45) is 30.7 Å². The summed E-state index contributed by atoms with van der Waals surface area (Å²) in [4.78, 5) is 35.6. The van der Waals surface area contributed by atoms with E-state index in [0.29, 0.717) is 36.4 Å². The molecule has 3 aliphatic rings. The first-order valence-corrected chi connectivity index (χ1v) is 13.3. The quantitative estimate of drug-likeness (QED) is 0.499. The number of rotatable bonds is 8. The number of aromatic nitrogens is 2. The van der Waals surface area contributed by atoms with Gasteiger partial charge in [0.1, 0.15) is 5.75 Å². The summed E-state index contributed by atoms with van der Waals surface area (Å²) in [6, 6.07) is 5.60. The molecule has 9 nitrogen and oxygen atoms in total. The van der Waals surface area contributed by atoms with Gasteiger partial charge < -0.3 is 23.8 Å². The van der Waals surface area contributed by atoms with Gasteiger partial charge in [-0.1, -0.05) is 19.1 Å². The van der Waals surface area contributed by atoms with Crippen LogP contribution in [0.2, 0.25) is 0 Å². The number of alkyl halides is 3. The van der Waals surface area contributed by atoms with Crippen molar-refractivity contribution in [1.82, 2.24) is 24.3 Å². The fourth-order valence-electron chi connectivity index (χ4n) is 5.96. The summed E-state index contributed by atoms with van der Waals surface area (Å²) in [6.45, 7) is 6.30. The third kappa shape index (κ3) is 7.03. The van der Waals surface area contributed by atoms with Gasteiger partial charge in [-0.25, -0.2) is 9.78 Å². The van der Waals surface area contributed by atoms with E-state index < -0.39 is 12.5 Å². The molecule has 39 heavy (non-hydrogen) atoms. The molecule has 1 aromatic carbocycles. The molecule has 1 aliphatic carbocycles. The van der Waals surface area contributed by atoms with E-state index in [1.54, 1.807) is 23.9 Å². The zero-order valence-electron chi connectivity index (χ0n) is 22.1. The lowest BCUT2D eigenvalue weighted by atomic mass is 10.0. The molecule has 3 atom stereocenters. The Labute approximate surface area is 225 Å². The van der Waals surface area contributed by atoms with E-state index in [2.05, 4.69) is 21.5 Å². The second kappa shape index (κ2) is 11.1. The van der Waals surface area contributed by atoms with Gasteiger partial charge in [-0.3, -0.25) is 9.69 Å². The lowest BCUT2D eigenvalue weighted by molar-refractivity contribution is -0.274. The van der Waals surface area contributed by atoms with Crippen LogP contribution in [0, 0.1) is 23.7 Å². The summed E-state index contributed by atoms with van der Waals surface area (Å²) in [5.74, 6) is 1.49. The van der Waals surface area contributed by atoms with E-state index in [1.807, 2.05) is 4.90 Å². The number of imidazole rings is 1. The van der Waals surface area contributed by atoms with Crippen molar-refractivity contribution >= 4 is 12.0 Å². The highest BCUT2D eigenvalue weighted by Crippen LogP contribution is 2.52. The zero-order chi connectivity index (χ0) is 27.7. The molecule has 0 N–H and O–H groups in total. The van der Waals surface area contributed by atoms with Crippen LogP contribution >= 0.6 is 0 Å². The Hall–Kier alpha value is -3.28. The summed E-state index contributed by atoms with van der Waals surface area (Å²) < 4.78 is 49.3.